The second-order valence-electron chi connectivity index (χ2n) is 4.57. The maximum Gasteiger partial charge on any atom is 0.388 e. The van der Waals surface area contributed by atoms with Gasteiger partial charge in [-0.25, -0.2) is 0 Å². The van der Waals surface area contributed by atoms with Gasteiger partial charge in [-0.1, -0.05) is 0 Å². The molecule has 0 fully saturated rings. The fourth-order valence-electron chi connectivity index (χ4n) is 1.23. The van der Waals surface area contributed by atoms with E-state index < -0.39 is 51.9 Å². The standard InChI is InChI=1S/C9Cl2F14O2/c10-1(26)3(12,13)5(16,17)7(20,21)9(24,25)8(22,23)6(18,19)4(14,15)2(11)27. The van der Waals surface area contributed by atoms with Crippen molar-refractivity contribution in [2.75, 3.05) is 0 Å². The Morgan fingerprint density at radius 2 is 0.556 bits per heavy atom. The summed E-state index contributed by atoms with van der Waals surface area (Å²) in [6.07, 6.45) is 0. The zero-order valence-corrected chi connectivity index (χ0v) is 12.9. The average molecular weight is 477 g/mol. The van der Waals surface area contributed by atoms with Crippen LogP contribution >= 0.6 is 23.2 Å². The van der Waals surface area contributed by atoms with Crippen molar-refractivity contribution in [3.63, 3.8) is 0 Å². The van der Waals surface area contributed by atoms with E-state index >= 15 is 0 Å². The van der Waals surface area contributed by atoms with E-state index in [1.54, 1.807) is 0 Å². The van der Waals surface area contributed by atoms with Gasteiger partial charge in [0.25, 0.3) is 10.5 Å². The highest BCUT2D eigenvalue weighted by Crippen LogP contribution is 2.62. The lowest BCUT2D eigenvalue weighted by Crippen LogP contribution is -2.74. The molecule has 0 unspecified atom stereocenters. The monoisotopic (exact) mass is 476 g/mol. The highest BCUT2D eigenvalue weighted by molar-refractivity contribution is 6.65. The number of hydrogen-bond acceptors (Lipinski definition) is 2. The van der Waals surface area contributed by atoms with Gasteiger partial charge in [0.15, 0.2) is 0 Å². The summed E-state index contributed by atoms with van der Waals surface area (Å²) in [4.78, 5) is 20.0. The first-order valence-electron chi connectivity index (χ1n) is 5.43. The zero-order valence-electron chi connectivity index (χ0n) is 11.4. The van der Waals surface area contributed by atoms with E-state index in [1.807, 2.05) is 0 Å². The Bertz CT molecular complexity index is 576. The molecule has 27 heavy (non-hydrogen) atoms. The van der Waals surface area contributed by atoms with Crippen molar-refractivity contribution in [1.82, 2.24) is 0 Å². The van der Waals surface area contributed by atoms with Crippen molar-refractivity contribution in [3.05, 3.63) is 0 Å². The molecule has 0 bridgehead atoms. The molecule has 0 saturated heterocycles. The van der Waals surface area contributed by atoms with Crippen molar-refractivity contribution in [2.24, 2.45) is 0 Å². The van der Waals surface area contributed by atoms with Crippen LogP contribution in [0.2, 0.25) is 0 Å². The van der Waals surface area contributed by atoms with Crippen LogP contribution in [-0.4, -0.2) is 51.9 Å². The number of hydrogen-bond donors (Lipinski definition) is 0. The minimum Gasteiger partial charge on any atom is -0.274 e. The highest BCUT2D eigenvalue weighted by atomic mass is 35.5. The SMILES string of the molecule is O=C(Cl)C(F)(F)C(F)(F)C(F)(F)C(F)(F)C(F)(F)C(F)(F)C(F)(F)C(=O)Cl. The Hall–Kier alpha value is -1.06. The molecule has 0 heterocycles. The van der Waals surface area contributed by atoms with Crippen LogP contribution in [0, 0.1) is 0 Å². The molecule has 0 aliphatic heterocycles. The Balaban J connectivity index is 6.70. The minimum absolute atomic E-state index is 3.76. The van der Waals surface area contributed by atoms with E-state index in [1.165, 1.54) is 0 Å². The second-order valence-corrected chi connectivity index (χ2v) is 5.25. The largest absolute Gasteiger partial charge is 0.388 e. The Morgan fingerprint density at radius 1 is 0.407 bits per heavy atom. The molecule has 0 aliphatic carbocycles. The predicted molar refractivity (Wildman–Crippen MR) is 56.3 cm³/mol. The summed E-state index contributed by atoms with van der Waals surface area (Å²) in [5.74, 6) is -54.8. The molecule has 2 nitrogen and oxygen atoms in total. The molecule has 0 aliphatic rings. The minimum atomic E-state index is -8.40. The van der Waals surface area contributed by atoms with Gasteiger partial charge in [0.2, 0.25) is 0 Å². The van der Waals surface area contributed by atoms with Gasteiger partial charge in [-0.05, 0) is 23.2 Å². The van der Waals surface area contributed by atoms with Gasteiger partial charge in [-0.3, -0.25) is 9.59 Å². The van der Waals surface area contributed by atoms with E-state index in [0.29, 0.717) is 0 Å². The summed E-state index contributed by atoms with van der Waals surface area (Å²) in [7, 11) is 0. The van der Waals surface area contributed by atoms with Crippen LogP contribution in [0.4, 0.5) is 61.5 Å². The summed E-state index contributed by atoms with van der Waals surface area (Å²) in [6.45, 7) is 0. The van der Waals surface area contributed by atoms with Crippen molar-refractivity contribution in [3.8, 4) is 0 Å². The molecule has 18 heteroatoms. The summed E-state index contributed by atoms with van der Waals surface area (Å²) in [6, 6.07) is 0. The zero-order chi connectivity index (χ0) is 22.7. The van der Waals surface area contributed by atoms with Gasteiger partial charge in [0, 0.05) is 0 Å². The van der Waals surface area contributed by atoms with Gasteiger partial charge < -0.3 is 0 Å². The van der Waals surface area contributed by atoms with Gasteiger partial charge >= 0.3 is 41.5 Å². The summed E-state index contributed by atoms with van der Waals surface area (Å²) in [5, 5.41) is -7.61. The van der Waals surface area contributed by atoms with E-state index in [4.69, 9.17) is 0 Å². The molecule has 0 aromatic rings. The van der Waals surface area contributed by atoms with Crippen LogP contribution in [-0.2, 0) is 9.59 Å². The third kappa shape index (κ3) is 3.11. The average Bonchev–Trinajstić information content (AvgIpc) is 2.45. The number of carbonyl (C=O) groups is 2. The van der Waals surface area contributed by atoms with Crippen LogP contribution in [0.3, 0.4) is 0 Å². The number of halogens is 16. The van der Waals surface area contributed by atoms with Crippen molar-refractivity contribution >= 4 is 33.7 Å². The van der Waals surface area contributed by atoms with Crippen molar-refractivity contribution in [2.45, 2.75) is 41.5 Å². The molecule has 0 aromatic heterocycles. The first-order valence-corrected chi connectivity index (χ1v) is 6.19. The molecule has 0 radical (unpaired) electrons. The van der Waals surface area contributed by atoms with Crippen LogP contribution in [0.1, 0.15) is 0 Å². The molecule has 0 amide bonds. The van der Waals surface area contributed by atoms with Crippen molar-refractivity contribution in [1.29, 1.82) is 0 Å². The molecule has 0 N–H and O–H groups in total. The molecule has 0 saturated carbocycles. The molecule has 160 valence electrons. The lowest BCUT2D eigenvalue weighted by molar-refractivity contribution is -0.433. The Labute approximate surface area is 147 Å². The summed E-state index contributed by atoms with van der Waals surface area (Å²) < 4.78 is 181. The summed E-state index contributed by atoms with van der Waals surface area (Å²) >= 11 is 7.53. The molecule has 0 atom stereocenters. The number of rotatable bonds is 8. The Kier molecular flexibility index (Phi) is 6.23. The maximum atomic E-state index is 13.1. The fourth-order valence-corrected chi connectivity index (χ4v) is 1.47. The molecule has 0 aromatic carbocycles. The fraction of sp³-hybridized carbons (Fsp3) is 0.778. The Morgan fingerprint density at radius 3 is 0.704 bits per heavy atom. The van der Waals surface area contributed by atoms with Crippen LogP contribution in [0.15, 0.2) is 0 Å². The molecular weight excluding hydrogens is 477 g/mol. The van der Waals surface area contributed by atoms with E-state index in [9.17, 15) is 71.1 Å². The van der Waals surface area contributed by atoms with Gasteiger partial charge in [0.05, 0.1) is 0 Å². The quantitative estimate of drug-likeness (QED) is 0.366. The first kappa shape index (κ1) is 25.9. The lowest BCUT2D eigenvalue weighted by Gasteiger charge is -2.41. The highest BCUT2D eigenvalue weighted by Gasteiger charge is 2.94. The topological polar surface area (TPSA) is 34.1 Å². The summed E-state index contributed by atoms with van der Waals surface area (Å²) in [5.41, 5.74) is 0. The first-order chi connectivity index (χ1) is 11.4. The molecular formula is C9Cl2F14O2. The number of carbonyl (C=O) groups excluding carboxylic acids is 2. The predicted octanol–water partition coefficient (Wildman–Crippen LogP) is 4.96. The lowest BCUT2D eigenvalue weighted by atomic mass is 9.89. The van der Waals surface area contributed by atoms with E-state index in [2.05, 4.69) is 23.2 Å². The smallest absolute Gasteiger partial charge is 0.274 e. The molecule has 0 rings (SSSR count). The van der Waals surface area contributed by atoms with Crippen LogP contribution in [0.25, 0.3) is 0 Å². The maximum absolute atomic E-state index is 13.1. The number of alkyl halides is 14. The van der Waals surface area contributed by atoms with Crippen LogP contribution in [0.5, 0.6) is 0 Å². The van der Waals surface area contributed by atoms with Gasteiger partial charge in [-0.2, -0.15) is 61.5 Å². The third-order valence-corrected chi connectivity index (χ3v) is 3.33. The molecule has 0 spiro atoms. The van der Waals surface area contributed by atoms with Crippen molar-refractivity contribution < 1.29 is 71.1 Å². The van der Waals surface area contributed by atoms with Gasteiger partial charge in [0.1, 0.15) is 0 Å². The van der Waals surface area contributed by atoms with E-state index in [0.717, 1.165) is 0 Å². The van der Waals surface area contributed by atoms with Crippen LogP contribution < -0.4 is 0 Å². The normalized spacial score (nSPS) is 15.7. The second kappa shape index (κ2) is 6.49. The van der Waals surface area contributed by atoms with E-state index in [-0.39, 0.29) is 0 Å². The van der Waals surface area contributed by atoms with Gasteiger partial charge in [-0.15, -0.1) is 0 Å². The third-order valence-electron chi connectivity index (χ3n) is 2.86.